The summed E-state index contributed by atoms with van der Waals surface area (Å²) < 4.78 is 5.98. The normalized spacial score (nSPS) is 18.1. The highest BCUT2D eigenvalue weighted by Crippen LogP contribution is 2.25. The van der Waals surface area contributed by atoms with E-state index in [9.17, 15) is 0 Å². The maximum absolute atomic E-state index is 5.98. The molecule has 1 aliphatic heterocycles. The number of nitrogens with one attached hydrogen (secondary N) is 1. The summed E-state index contributed by atoms with van der Waals surface area (Å²) in [5, 5.41) is 5.72. The van der Waals surface area contributed by atoms with Gasteiger partial charge in [0, 0.05) is 13.1 Å². The van der Waals surface area contributed by atoms with Crippen LogP contribution in [0.4, 0.5) is 0 Å². The summed E-state index contributed by atoms with van der Waals surface area (Å²) in [7, 11) is 0. The van der Waals surface area contributed by atoms with E-state index < -0.39 is 0 Å². The van der Waals surface area contributed by atoms with Gasteiger partial charge in [-0.2, -0.15) is 0 Å². The molecule has 0 saturated carbocycles. The number of ether oxygens (including phenoxy) is 1. The Kier molecular flexibility index (Phi) is 2.11. The van der Waals surface area contributed by atoms with E-state index in [0.29, 0.717) is 0 Å². The Bertz CT molecular complexity index is 517. The molecule has 0 atom stereocenters. The van der Waals surface area contributed by atoms with Gasteiger partial charge < -0.3 is 10.1 Å². The molecule has 3 rings (SSSR count). The van der Waals surface area contributed by atoms with Gasteiger partial charge in [-0.1, -0.05) is 30.3 Å². The van der Waals surface area contributed by atoms with Crippen molar-refractivity contribution in [3.05, 3.63) is 42.5 Å². The van der Waals surface area contributed by atoms with E-state index >= 15 is 0 Å². The summed E-state index contributed by atoms with van der Waals surface area (Å²) in [5.74, 6) is 0.961. The average molecular weight is 213 g/mol. The highest BCUT2D eigenvalue weighted by molar-refractivity contribution is 5.83. The number of hydrogen-bond donors (Lipinski definition) is 1. The minimum Gasteiger partial charge on any atom is -0.485 e. The molecule has 2 aromatic rings. The lowest BCUT2D eigenvalue weighted by Gasteiger charge is -2.39. The minimum absolute atomic E-state index is 0.0253. The van der Waals surface area contributed by atoms with Crippen LogP contribution in [0.15, 0.2) is 42.5 Å². The van der Waals surface area contributed by atoms with Gasteiger partial charge in [0.15, 0.2) is 0 Å². The fourth-order valence-corrected chi connectivity index (χ4v) is 2.06. The molecule has 1 heterocycles. The quantitative estimate of drug-likeness (QED) is 0.828. The molecule has 2 aromatic carbocycles. The smallest absolute Gasteiger partial charge is 0.131 e. The molecule has 82 valence electrons. The first kappa shape index (κ1) is 9.67. The van der Waals surface area contributed by atoms with E-state index in [1.165, 1.54) is 10.8 Å². The predicted molar refractivity (Wildman–Crippen MR) is 65.9 cm³/mol. The fraction of sp³-hybridized carbons (Fsp3) is 0.286. The molecule has 0 aliphatic carbocycles. The Morgan fingerprint density at radius 2 is 1.81 bits per heavy atom. The van der Waals surface area contributed by atoms with Crippen LogP contribution in [0.1, 0.15) is 6.92 Å². The Hall–Kier alpha value is -1.54. The van der Waals surface area contributed by atoms with Crippen LogP contribution < -0.4 is 10.1 Å². The molecule has 0 spiro atoms. The average Bonchev–Trinajstić information content (AvgIpc) is 2.27. The molecular weight excluding hydrogens is 198 g/mol. The van der Waals surface area contributed by atoms with Crippen LogP contribution >= 0.6 is 0 Å². The van der Waals surface area contributed by atoms with Crippen LogP contribution in [0.25, 0.3) is 10.8 Å². The molecule has 0 bridgehead atoms. The highest BCUT2D eigenvalue weighted by Gasteiger charge is 2.33. The first-order valence-corrected chi connectivity index (χ1v) is 5.64. The van der Waals surface area contributed by atoms with Crippen LogP contribution in [-0.2, 0) is 0 Å². The molecular formula is C14H15NO. The van der Waals surface area contributed by atoms with Gasteiger partial charge in [0.1, 0.15) is 11.4 Å². The van der Waals surface area contributed by atoms with Gasteiger partial charge in [-0.3, -0.25) is 0 Å². The van der Waals surface area contributed by atoms with Gasteiger partial charge in [-0.05, 0) is 29.8 Å². The topological polar surface area (TPSA) is 21.3 Å². The van der Waals surface area contributed by atoms with E-state index in [-0.39, 0.29) is 5.60 Å². The van der Waals surface area contributed by atoms with Crippen LogP contribution in [0.5, 0.6) is 5.75 Å². The maximum Gasteiger partial charge on any atom is 0.131 e. The zero-order valence-corrected chi connectivity index (χ0v) is 9.36. The third-order valence-corrected chi connectivity index (χ3v) is 3.08. The van der Waals surface area contributed by atoms with Crippen molar-refractivity contribution in [3.8, 4) is 5.75 Å². The third kappa shape index (κ3) is 1.65. The van der Waals surface area contributed by atoms with Crippen molar-refractivity contribution < 1.29 is 4.74 Å². The number of rotatable bonds is 2. The molecule has 0 unspecified atom stereocenters. The molecule has 16 heavy (non-hydrogen) atoms. The summed E-state index contributed by atoms with van der Waals surface area (Å²) in [6.07, 6.45) is 0. The first-order valence-electron chi connectivity index (χ1n) is 5.64. The Morgan fingerprint density at radius 1 is 1.06 bits per heavy atom. The number of hydrogen-bond acceptors (Lipinski definition) is 2. The van der Waals surface area contributed by atoms with Crippen molar-refractivity contribution in [1.82, 2.24) is 5.32 Å². The maximum atomic E-state index is 5.98. The van der Waals surface area contributed by atoms with Crippen molar-refractivity contribution >= 4 is 10.8 Å². The van der Waals surface area contributed by atoms with E-state index in [2.05, 4.69) is 48.6 Å². The molecule has 1 N–H and O–H groups in total. The molecule has 1 saturated heterocycles. The number of benzene rings is 2. The lowest BCUT2D eigenvalue weighted by atomic mass is 10.00. The molecule has 2 heteroatoms. The molecule has 0 aromatic heterocycles. The Balaban J connectivity index is 1.93. The molecule has 2 nitrogen and oxygen atoms in total. The van der Waals surface area contributed by atoms with Crippen LogP contribution in [-0.4, -0.2) is 18.7 Å². The highest BCUT2D eigenvalue weighted by atomic mass is 16.5. The predicted octanol–water partition coefficient (Wildman–Crippen LogP) is 2.58. The van der Waals surface area contributed by atoms with E-state index in [4.69, 9.17) is 4.74 Å². The van der Waals surface area contributed by atoms with Crippen LogP contribution in [0, 0.1) is 0 Å². The zero-order valence-electron chi connectivity index (χ0n) is 9.36. The lowest BCUT2D eigenvalue weighted by molar-refractivity contribution is 0.0350. The van der Waals surface area contributed by atoms with Crippen LogP contribution in [0.2, 0.25) is 0 Å². The van der Waals surface area contributed by atoms with Gasteiger partial charge in [0.2, 0.25) is 0 Å². The first-order chi connectivity index (χ1) is 7.75. The van der Waals surface area contributed by atoms with Crippen molar-refractivity contribution in [3.63, 3.8) is 0 Å². The summed E-state index contributed by atoms with van der Waals surface area (Å²) in [6.45, 7) is 4.00. The minimum atomic E-state index is -0.0253. The SMILES string of the molecule is CC1(Oc2ccc3ccccc3c2)CNC1. The summed E-state index contributed by atoms with van der Waals surface area (Å²) >= 11 is 0. The molecule has 0 amide bonds. The van der Waals surface area contributed by atoms with E-state index in [1.807, 2.05) is 6.07 Å². The third-order valence-electron chi connectivity index (χ3n) is 3.08. The van der Waals surface area contributed by atoms with Crippen molar-refractivity contribution in [2.75, 3.05) is 13.1 Å². The standard InChI is InChI=1S/C14H15NO/c1-14(9-15-10-14)16-13-7-6-11-4-2-3-5-12(11)8-13/h2-8,15H,9-10H2,1H3. The Labute approximate surface area is 95.2 Å². The van der Waals surface area contributed by atoms with E-state index in [0.717, 1.165) is 18.8 Å². The summed E-state index contributed by atoms with van der Waals surface area (Å²) in [5.41, 5.74) is -0.0253. The van der Waals surface area contributed by atoms with Gasteiger partial charge in [0.05, 0.1) is 0 Å². The van der Waals surface area contributed by atoms with Gasteiger partial charge >= 0.3 is 0 Å². The monoisotopic (exact) mass is 213 g/mol. The molecule has 0 radical (unpaired) electrons. The van der Waals surface area contributed by atoms with Gasteiger partial charge in [-0.15, -0.1) is 0 Å². The second-order valence-electron chi connectivity index (χ2n) is 4.66. The van der Waals surface area contributed by atoms with Crippen molar-refractivity contribution in [2.24, 2.45) is 0 Å². The summed E-state index contributed by atoms with van der Waals surface area (Å²) in [4.78, 5) is 0. The zero-order chi connectivity index (χ0) is 11.0. The van der Waals surface area contributed by atoms with Gasteiger partial charge in [-0.25, -0.2) is 0 Å². The molecule has 1 fully saturated rings. The Morgan fingerprint density at radius 3 is 2.50 bits per heavy atom. The van der Waals surface area contributed by atoms with E-state index in [1.54, 1.807) is 0 Å². The van der Waals surface area contributed by atoms with Crippen LogP contribution in [0.3, 0.4) is 0 Å². The fourth-order valence-electron chi connectivity index (χ4n) is 2.06. The summed E-state index contributed by atoms with van der Waals surface area (Å²) in [6, 6.07) is 14.6. The largest absolute Gasteiger partial charge is 0.485 e. The second-order valence-corrected chi connectivity index (χ2v) is 4.66. The number of fused-ring (bicyclic) bond motifs is 1. The van der Waals surface area contributed by atoms with Crippen molar-refractivity contribution in [1.29, 1.82) is 0 Å². The second kappa shape index (κ2) is 3.49. The van der Waals surface area contributed by atoms with Crippen molar-refractivity contribution in [2.45, 2.75) is 12.5 Å². The molecule has 1 aliphatic rings. The van der Waals surface area contributed by atoms with Gasteiger partial charge in [0.25, 0.3) is 0 Å². The lowest BCUT2D eigenvalue weighted by Crippen LogP contribution is -2.60.